The molecule has 0 atom stereocenters. The molecule has 0 fully saturated rings. The molecule has 7 heteroatoms. The summed E-state index contributed by atoms with van der Waals surface area (Å²) in [7, 11) is 4.72. The van der Waals surface area contributed by atoms with Crippen LogP contribution in [0.15, 0.2) is 24.3 Å². The highest BCUT2D eigenvalue weighted by Crippen LogP contribution is 2.31. The van der Waals surface area contributed by atoms with Crippen molar-refractivity contribution in [3.8, 4) is 22.9 Å². The van der Waals surface area contributed by atoms with Crippen molar-refractivity contribution in [2.45, 2.75) is 0 Å². The van der Waals surface area contributed by atoms with Crippen molar-refractivity contribution in [1.82, 2.24) is 9.97 Å². The number of hydrogen-bond acceptors (Lipinski definition) is 6. The number of carboxylic acids is 1. The van der Waals surface area contributed by atoms with E-state index >= 15 is 0 Å². The summed E-state index contributed by atoms with van der Waals surface area (Å²) in [5, 5.41) is 11.9. The monoisotopic (exact) mass is 289 g/mol. The molecular formula is C14H15N3O4. The number of carbonyl (C=O) groups is 1. The first kappa shape index (κ1) is 14.6. The fourth-order valence-electron chi connectivity index (χ4n) is 1.79. The summed E-state index contributed by atoms with van der Waals surface area (Å²) >= 11 is 0. The zero-order valence-electron chi connectivity index (χ0n) is 11.9. The first-order valence-electron chi connectivity index (χ1n) is 6.11. The maximum atomic E-state index is 11.1. The van der Waals surface area contributed by atoms with Crippen molar-refractivity contribution in [3.63, 3.8) is 0 Å². The molecule has 1 heterocycles. The highest BCUT2D eigenvalue weighted by molar-refractivity contribution is 5.87. The molecule has 0 saturated carbocycles. The van der Waals surface area contributed by atoms with Crippen LogP contribution in [0.5, 0.6) is 11.5 Å². The van der Waals surface area contributed by atoms with Gasteiger partial charge in [-0.3, -0.25) is 0 Å². The maximum Gasteiger partial charge on any atom is 0.354 e. The quantitative estimate of drug-likeness (QED) is 0.868. The number of nitrogens with zero attached hydrogens (tertiary/aromatic N) is 2. The zero-order chi connectivity index (χ0) is 15.4. The first-order chi connectivity index (χ1) is 10.1. The topological polar surface area (TPSA) is 93.6 Å². The third-order valence-electron chi connectivity index (χ3n) is 2.85. The molecule has 1 aromatic carbocycles. The minimum atomic E-state index is -1.12. The van der Waals surface area contributed by atoms with Gasteiger partial charge in [0.1, 0.15) is 17.3 Å². The van der Waals surface area contributed by atoms with E-state index in [2.05, 4.69) is 15.3 Å². The molecule has 0 aliphatic rings. The second kappa shape index (κ2) is 6.08. The number of nitrogens with one attached hydrogen (secondary N) is 1. The van der Waals surface area contributed by atoms with E-state index in [-0.39, 0.29) is 11.5 Å². The lowest BCUT2D eigenvalue weighted by Crippen LogP contribution is -2.06. The van der Waals surface area contributed by atoms with Crippen LogP contribution in [0.2, 0.25) is 0 Å². The maximum absolute atomic E-state index is 11.1. The van der Waals surface area contributed by atoms with Gasteiger partial charge in [-0.1, -0.05) is 0 Å². The van der Waals surface area contributed by atoms with Gasteiger partial charge in [0.05, 0.1) is 19.8 Å². The second-order valence-electron chi connectivity index (χ2n) is 4.08. The van der Waals surface area contributed by atoms with Gasteiger partial charge in [-0.15, -0.1) is 0 Å². The molecule has 110 valence electrons. The summed E-state index contributed by atoms with van der Waals surface area (Å²) in [4.78, 5) is 19.4. The van der Waals surface area contributed by atoms with E-state index < -0.39 is 5.97 Å². The van der Waals surface area contributed by atoms with Crippen LogP contribution in [0.3, 0.4) is 0 Å². The Kier molecular flexibility index (Phi) is 4.22. The van der Waals surface area contributed by atoms with Crippen molar-refractivity contribution in [3.05, 3.63) is 30.0 Å². The Labute approximate surface area is 121 Å². The molecule has 0 bridgehead atoms. The Morgan fingerprint density at radius 3 is 2.52 bits per heavy atom. The average molecular weight is 289 g/mol. The molecule has 2 aromatic rings. The van der Waals surface area contributed by atoms with Crippen LogP contribution in [-0.2, 0) is 0 Å². The van der Waals surface area contributed by atoms with Gasteiger partial charge >= 0.3 is 5.97 Å². The molecule has 0 saturated heterocycles. The van der Waals surface area contributed by atoms with Gasteiger partial charge in [-0.25, -0.2) is 14.8 Å². The number of ether oxygens (including phenoxy) is 2. The van der Waals surface area contributed by atoms with Crippen molar-refractivity contribution < 1.29 is 19.4 Å². The van der Waals surface area contributed by atoms with Gasteiger partial charge in [0.2, 0.25) is 0 Å². The highest BCUT2D eigenvalue weighted by Gasteiger charge is 2.15. The van der Waals surface area contributed by atoms with Gasteiger partial charge < -0.3 is 19.9 Å². The normalized spacial score (nSPS) is 10.0. The van der Waals surface area contributed by atoms with Crippen LogP contribution in [-0.4, -0.2) is 42.3 Å². The predicted molar refractivity (Wildman–Crippen MR) is 77.1 cm³/mol. The lowest BCUT2D eigenvalue weighted by atomic mass is 10.1. The number of aromatic carboxylic acids is 1. The molecule has 0 spiro atoms. The van der Waals surface area contributed by atoms with Crippen LogP contribution in [0.4, 0.5) is 5.82 Å². The second-order valence-corrected chi connectivity index (χ2v) is 4.08. The average Bonchev–Trinajstić information content (AvgIpc) is 2.53. The molecule has 0 amide bonds. The molecule has 21 heavy (non-hydrogen) atoms. The highest BCUT2D eigenvalue weighted by atomic mass is 16.5. The van der Waals surface area contributed by atoms with Crippen molar-refractivity contribution in [1.29, 1.82) is 0 Å². The summed E-state index contributed by atoms with van der Waals surface area (Å²) in [5.74, 6) is 0.675. The molecule has 7 nitrogen and oxygen atoms in total. The third-order valence-corrected chi connectivity index (χ3v) is 2.85. The molecule has 0 radical (unpaired) electrons. The minimum Gasteiger partial charge on any atom is -0.497 e. The lowest BCUT2D eigenvalue weighted by molar-refractivity contribution is 0.0690. The van der Waals surface area contributed by atoms with E-state index in [0.29, 0.717) is 22.9 Å². The molecule has 2 N–H and O–H groups in total. The molecule has 2 rings (SSSR count). The van der Waals surface area contributed by atoms with Gasteiger partial charge in [-0.2, -0.15) is 0 Å². The number of hydrogen-bond donors (Lipinski definition) is 2. The van der Waals surface area contributed by atoms with Crippen molar-refractivity contribution in [2.24, 2.45) is 0 Å². The van der Waals surface area contributed by atoms with Crippen LogP contribution < -0.4 is 14.8 Å². The number of anilines is 1. The van der Waals surface area contributed by atoms with E-state index in [9.17, 15) is 4.79 Å². The Bertz CT molecular complexity index is 673. The number of carboxylic acid groups (broad SMARTS) is 1. The van der Waals surface area contributed by atoms with E-state index in [1.165, 1.54) is 13.2 Å². The first-order valence-corrected chi connectivity index (χ1v) is 6.11. The number of rotatable bonds is 5. The largest absolute Gasteiger partial charge is 0.497 e. The fourth-order valence-corrected chi connectivity index (χ4v) is 1.79. The Morgan fingerprint density at radius 1 is 1.19 bits per heavy atom. The number of methoxy groups -OCH3 is 2. The predicted octanol–water partition coefficient (Wildman–Crippen LogP) is 1.90. The smallest absolute Gasteiger partial charge is 0.354 e. The van der Waals surface area contributed by atoms with Crippen LogP contribution in [0, 0.1) is 0 Å². The van der Waals surface area contributed by atoms with Crippen LogP contribution >= 0.6 is 0 Å². The summed E-state index contributed by atoms with van der Waals surface area (Å²) in [5.41, 5.74) is 0.486. The van der Waals surface area contributed by atoms with E-state index in [1.807, 2.05) is 0 Å². The number of aromatic nitrogens is 2. The Balaban J connectivity index is 2.60. The summed E-state index contributed by atoms with van der Waals surface area (Å²) in [6, 6.07) is 6.50. The molecule has 0 aliphatic carbocycles. The minimum absolute atomic E-state index is 0.0952. The van der Waals surface area contributed by atoms with Gasteiger partial charge in [0, 0.05) is 19.2 Å². The fraction of sp³-hybridized carbons (Fsp3) is 0.214. The SMILES string of the molecule is CNc1cc(C(=O)O)nc(-c2ccc(OC)cc2OC)n1. The summed E-state index contributed by atoms with van der Waals surface area (Å²) < 4.78 is 10.4. The van der Waals surface area contributed by atoms with Crippen LogP contribution in [0.1, 0.15) is 10.5 Å². The van der Waals surface area contributed by atoms with E-state index in [4.69, 9.17) is 14.6 Å². The zero-order valence-corrected chi connectivity index (χ0v) is 11.9. The summed E-state index contributed by atoms with van der Waals surface area (Å²) in [6.07, 6.45) is 0. The van der Waals surface area contributed by atoms with Gasteiger partial charge in [-0.05, 0) is 12.1 Å². The van der Waals surface area contributed by atoms with Crippen molar-refractivity contribution in [2.75, 3.05) is 26.6 Å². The number of benzene rings is 1. The van der Waals surface area contributed by atoms with E-state index in [0.717, 1.165) is 0 Å². The van der Waals surface area contributed by atoms with Crippen LogP contribution in [0.25, 0.3) is 11.4 Å². The standard InChI is InChI=1S/C14H15N3O4/c1-15-12-7-10(14(18)19)16-13(17-12)9-5-4-8(20-2)6-11(9)21-3/h4-7H,1-3H3,(H,18,19)(H,15,16,17). The van der Waals surface area contributed by atoms with Gasteiger partial charge in [0.25, 0.3) is 0 Å². The molecular weight excluding hydrogens is 274 g/mol. The molecule has 0 unspecified atom stereocenters. The Hall–Kier alpha value is -2.83. The lowest BCUT2D eigenvalue weighted by Gasteiger charge is -2.11. The third kappa shape index (κ3) is 3.02. The van der Waals surface area contributed by atoms with E-state index in [1.54, 1.807) is 32.4 Å². The van der Waals surface area contributed by atoms with Gasteiger partial charge in [0.15, 0.2) is 11.5 Å². The molecule has 0 aliphatic heterocycles. The summed E-state index contributed by atoms with van der Waals surface area (Å²) in [6.45, 7) is 0. The Morgan fingerprint density at radius 2 is 1.95 bits per heavy atom. The van der Waals surface area contributed by atoms with Crippen molar-refractivity contribution >= 4 is 11.8 Å². The molecule has 1 aromatic heterocycles.